The Labute approximate surface area is 173 Å². The maximum Gasteiger partial charge on any atom is 0.329 e. The van der Waals surface area contributed by atoms with E-state index in [2.05, 4.69) is 21.2 Å². The highest BCUT2D eigenvalue weighted by Crippen LogP contribution is 2.22. The highest BCUT2D eigenvalue weighted by Gasteiger charge is 2.10. The molecule has 0 spiro atoms. The average Bonchev–Trinajstić information content (AvgIpc) is 2.71. The van der Waals surface area contributed by atoms with Crippen molar-refractivity contribution in [3.05, 3.63) is 58.6 Å². The minimum absolute atomic E-state index is 0.165. The number of carbonyl (C=O) groups excluding carboxylic acids is 3. The number of likely N-dealkylation sites (N-methyl/N-ethyl adjacent to an activating group) is 1. The quantitative estimate of drug-likeness (QED) is 0.365. The number of halogens is 1. The molecule has 3 amide bonds. The van der Waals surface area contributed by atoms with E-state index in [1.165, 1.54) is 6.21 Å². The molecule has 0 aliphatic rings. The first-order valence-electron chi connectivity index (χ1n) is 8.79. The number of amides is 3. The standard InChI is InChI=1S/C20H21ClN4O4/c1-3-22-19(27)20(28)25-23-11-14-7-9-15(10-8-14)29-12-18(26)24-17-6-4-5-16(21)13(17)2/h4-11H,3,12H2,1-2H3,(H,22,27)(H,24,26)(H,25,28)/b23-11-. The molecule has 0 saturated heterocycles. The molecule has 0 aliphatic carbocycles. The molecule has 8 nitrogen and oxygen atoms in total. The Balaban J connectivity index is 1.82. The van der Waals surface area contributed by atoms with E-state index < -0.39 is 11.8 Å². The summed E-state index contributed by atoms with van der Waals surface area (Å²) >= 11 is 6.03. The zero-order valence-corrected chi connectivity index (χ0v) is 16.7. The summed E-state index contributed by atoms with van der Waals surface area (Å²) in [5, 5.41) is 9.39. The van der Waals surface area contributed by atoms with Crippen LogP contribution in [-0.2, 0) is 14.4 Å². The number of benzene rings is 2. The van der Waals surface area contributed by atoms with E-state index >= 15 is 0 Å². The highest BCUT2D eigenvalue weighted by atomic mass is 35.5. The van der Waals surface area contributed by atoms with Crippen molar-refractivity contribution in [3.63, 3.8) is 0 Å². The lowest BCUT2D eigenvalue weighted by atomic mass is 10.2. The molecule has 2 rings (SSSR count). The molecule has 0 heterocycles. The Bertz CT molecular complexity index is 913. The Morgan fingerprint density at radius 2 is 1.83 bits per heavy atom. The van der Waals surface area contributed by atoms with Gasteiger partial charge in [0.2, 0.25) is 0 Å². The number of anilines is 1. The van der Waals surface area contributed by atoms with Gasteiger partial charge < -0.3 is 15.4 Å². The number of nitrogens with zero attached hydrogens (tertiary/aromatic N) is 1. The Kier molecular flexibility index (Phi) is 8.17. The van der Waals surface area contributed by atoms with Crippen molar-refractivity contribution >= 4 is 41.2 Å². The Morgan fingerprint density at radius 3 is 2.52 bits per heavy atom. The maximum absolute atomic E-state index is 12.0. The molecule has 3 N–H and O–H groups in total. The van der Waals surface area contributed by atoms with Gasteiger partial charge in [-0.3, -0.25) is 14.4 Å². The van der Waals surface area contributed by atoms with E-state index in [4.69, 9.17) is 16.3 Å². The van der Waals surface area contributed by atoms with Crippen LogP contribution >= 0.6 is 11.6 Å². The number of nitrogens with one attached hydrogen (secondary N) is 3. The summed E-state index contributed by atoms with van der Waals surface area (Å²) in [6, 6.07) is 12.0. The van der Waals surface area contributed by atoms with Gasteiger partial charge in [0, 0.05) is 17.3 Å². The summed E-state index contributed by atoms with van der Waals surface area (Å²) < 4.78 is 5.45. The molecular formula is C20H21ClN4O4. The zero-order chi connectivity index (χ0) is 21.2. The second-order valence-corrected chi connectivity index (χ2v) is 6.28. The molecule has 0 atom stereocenters. The Hall–Kier alpha value is -3.39. The molecule has 29 heavy (non-hydrogen) atoms. The fourth-order valence-corrected chi connectivity index (χ4v) is 2.36. The van der Waals surface area contributed by atoms with Crippen molar-refractivity contribution in [1.82, 2.24) is 10.7 Å². The Morgan fingerprint density at radius 1 is 1.10 bits per heavy atom. The molecule has 0 aromatic heterocycles. The predicted octanol–water partition coefficient (Wildman–Crippen LogP) is 2.25. The van der Waals surface area contributed by atoms with Gasteiger partial charge in [-0.05, 0) is 61.4 Å². The van der Waals surface area contributed by atoms with E-state index in [0.29, 0.717) is 28.6 Å². The van der Waals surface area contributed by atoms with Crippen molar-refractivity contribution in [2.24, 2.45) is 5.10 Å². The lowest BCUT2D eigenvalue weighted by molar-refractivity contribution is -0.139. The van der Waals surface area contributed by atoms with Gasteiger partial charge in [-0.25, -0.2) is 5.43 Å². The van der Waals surface area contributed by atoms with E-state index in [-0.39, 0.29) is 12.5 Å². The van der Waals surface area contributed by atoms with Crippen molar-refractivity contribution < 1.29 is 19.1 Å². The molecule has 152 valence electrons. The van der Waals surface area contributed by atoms with Gasteiger partial charge >= 0.3 is 11.8 Å². The number of hydrogen-bond acceptors (Lipinski definition) is 5. The molecule has 0 bridgehead atoms. The predicted molar refractivity (Wildman–Crippen MR) is 111 cm³/mol. The van der Waals surface area contributed by atoms with Crippen LogP contribution in [0.4, 0.5) is 5.69 Å². The summed E-state index contributed by atoms with van der Waals surface area (Å²) in [4.78, 5) is 34.7. The smallest absolute Gasteiger partial charge is 0.329 e. The summed E-state index contributed by atoms with van der Waals surface area (Å²) in [5.74, 6) is -1.41. The van der Waals surface area contributed by atoms with Gasteiger partial charge in [0.15, 0.2) is 6.61 Å². The van der Waals surface area contributed by atoms with Crippen molar-refractivity contribution in [3.8, 4) is 5.75 Å². The number of hydrazone groups is 1. The van der Waals surface area contributed by atoms with Crippen molar-refractivity contribution in [2.45, 2.75) is 13.8 Å². The lowest BCUT2D eigenvalue weighted by Crippen LogP contribution is -2.37. The first-order chi connectivity index (χ1) is 13.9. The van der Waals surface area contributed by atoms with Crippen molar-refractivity contribution in [1.29, 1.82) is 0 Å². The minimum Gasteiger partial charge on any atom is -0.484 e. The lowest BCUT2D eigenvalue weighted by Gasteiger charge is -2.10. The number of hydrogen-bond donors (Lipinski definition) is 3. The van der Waals surface area contributed by atoms with E-state index in [1.807, 2.05) is 6.92 Å². The third-order valence-corrected chi connectivity index (χ3v) is 4.12. The number of rotatable bonds is 7. The molecule has 0 unspecified atom stereocenters. The van der Waals surface area contributed by atoms with Gasteiger partial charge in [0.1, 0.15) is 5.75 Å². The molecule has 2 aromatic rings. The van der Waals surface area contributed by atoms with Crippen LogP contribution in [-0.4, -0.2) is 37.1 Å². The second-order valence-electron chi connectivity index (χ2n) is 5.88. The topological polar surface area (TPSA) is 109 Å². The number of carbonyl (C=O) groups is 3. The van der Waals surface area contributed by atoms with E-state index in [1.54, 1.807) is 49.4 Å². The SMILES string of the molecule is CCNC(=O)C(=O)N/N=C\c1ccc(OCC(=O)Nc2cccc(Cl)c2C)cc1. The fourth-order valence-electron chi connectivity index (χ4n) is 2.19. The van der Waals surface area contributed by atoms with E-state index in [9.17, 15) is 14.4 Å². The summed E-state index contributed by atoms with van der Waals surface area (Å²) in [5.41, 5.74) is 4.22. The first kappa shape index (κ1) is 21.9. The monoisotopic (exact) mass is 416 g/mol. The van der Waals surface area contributed by atoms with Crippen LogP contribution in [0.1, 0.15) is 18.1 Å². The van der Waals surface area contributed by atoms with Crippen LogP contribution in [0.5, 0.6) is 5.75 Å². The molecule has 0 aliphatic heterocycles. The summed E-state index contributed by atoms with van der Waals surface area (Å²) in [7, 11) is 0. The van der Waals surface area contributed by atoms with E-state index in [0.717, 1.165) is 5.56 Å². The minimum atomic E-state index is -0.844. The normalized spacial score (nSPS) is 10.4. The third-order valence-electron chi connectivity index (χ3n) is 3.72. The van der Waals surface area contributed by atoms with Crippen LogP contribution in [0, 0.1) is 6.92 Å². The third kappa shape index (κ3) is 6.93. The molecule has 9 heteroatoms. The van der Waals surface area contributed by atoms with Crippen molar-refractivity contribution in [2.75, 3.05) is 18.5 Å². The fraction of sp³-hybridized carbons (Fsp3) is 0.200. The van der Waals surface area contributed by atoms with Crippen LogP contribution in [0.3, 0.4) is 0 Å². The van der Waals surface area contributed by atoms with Gasteiger partial charge in [-0.1, -0.05) is 17.7 Å². The van der Waals surface area contributed by atoms with Gasteiger partial charge in [-0.2, -0.15) is 5.10 Å². The largest absolute Gasteiger partial charge is 0.484 e. The molecule has 0 fully saturated rings. The summed E-state index contributed by atoms with van der Waals surface area (Å²) in [6.07, 6.45) is 1.38. The average molecular weight is 417 g/mol. The van der Waals surface area contributed by atoms with Crippen LogP contribution in [0.15, 0.2) is 47.6 Å². The molecule has 0 saturated carbocycles. The zero-order valence-electron chi connectivity index (χ0n) is 16.0. The van der Waals surface area contributed by atoms with Crippen LogP contribution in [0.2, 0.25) is 5.02 Å². The van der Waals surface area contributed by atoms with Crippen LogP contribution in [0.25, 0.3) is 0 Å². The number of ether oxygens (including phenoxy) is 1. The maximum atomic E-state index is 12.0. The van der Waals surface area contributed by atoms with Gasteiger partial charge in [0.05, 0.1) is 6.21 Å². The van der Waals surface area contributed by atoms with Gasteiger partial charge in [0.25, 0.3) is 5.91 Å². The second kappa shape index (κ2) is 10.8. The molecule has 2 aromatic carbocycles. The first-order valence-corrected chi connectivity index (χ1v) is 9.17. The molecule has 0 radical (unpaired) electrons. The summed E-state index contributed by atoms with van der Waals surface area (Å²) in [6.45, 7) is 3.72. The molecular weight excluding hydrogens is 396 g/mol. The van der Waals surface area contributed by atoms with Gasteiger partial charge in [-0.15, -0.1) is 0 Å². The highest BCUT2D eigenvalue weighted by molar-refractivity contribution is 6.35. The van der Waals surface area contributed by atoms with Crippen LogP contribution < -0.4 is 20.8 Å².